The third-order valence-electron chi connectivity index (χ3n) is 5.09. The van der Waals surface area contributed by atoms with Crippen molar-refractivity contribution in [2.75, 3.05) is 20.3 Å². The molecule has 2 aliphatic rings. The highest BCUT2D eigenvalue weighted by atomic mass is 35.5. The number of aromatic nitrogens is 1. The van der Waals surface area contributed by atoms with Gasteiger partial charge in [-0.2, -0.15) is 0 Å². The molecule has 126 valence electrons. The minimum absolute atomic E-state index is 0.0775. The molecular formula is C18H19ClN2O3. The maximum absolute atomic E-state index is 12.6. The Hall–Kier alpha value is -1.69. The fourth-order valence-corrected chi connectivity index (χ4v) is 4.12. The number of fused-ring (bicyclic) bond motifs is 2. The summed E-state index contributed by atoms with van der Waals surface area (Å²) in [6.07, 6.45) is 1.18. The molecule has 4 atom stereocenters. The standard InChI is InChI=1S/C18H19ClN2O3/c1-23-9-12-16(11-7-8-24-17(11)12)21-18(22)14-6-5-10-3-2-4-13(19)15(10)20-14/h2-6,11-12,16-17H,7-9H2,1H3,(H,21,22)/t11-,12+,16+,17-/m0/s1. The Kier molecular flexibility index (Phi) is 4.16. The van der Waals surface area contributed by atoms with E-state index in [1.807, 2.05) is 18.2 Å². The van der Waals surface area contributed by atoms with E-state index < -0.39 is 0 Å². The molecule has 2 heterocycles. The number of pyridine rings is 1. The maximum Gasteiger partial charge on any atom is 0.270 e. The first-order chi connectivity index (χ1) is 11.7. The molecule has 2 fully saturated rings. The lowest BCUT2D eigenvalue weighted by atomic mass is 9.67. The summed E-state index contributed by atoms with van der Waals surface area (Å²) in [5.74, 6) is 0.405. The quantitative estimate of drug-likeness (QED) is 0.924. The summed E-state index contributed by atoms with van der Waals surface area (Å²) in [7, 11) is 1.67. The number of carbonyl (C=O) groups excluding carboxylic acids is 1. The van der Waals surface area contributed by atoms with Crippen molar-refractivity contribution in [3.8, 4) is 0 Å². The summed E-state index contributed by atoms with van der Waals surface area (Å²) < 4.78 is 11.0. The Morgan fingerprint density at radius 1 is 1.42 bits per heavy atom. The summed E-state index contributed by atoms with van der Waals surface area (Å²) in [5.41, 5.74) is 1.03. The number of carbonyl (C=O) groups is 1. The van der Waals surface area contributed by atoms with Gasteiger partial charge in [-0.25, -0.2) is 4.98 Å². The normalized spacial score (nSPS) is 28.4. The Bertz CT molecular complexity index is 782. The van der Waals surface area contributed by atoms with Gasteiger partial charge in [-0.15, -0.1) is 0 Å². The Balaban J connectivity index is 1.54. The molecule has 0 bridgehead atoms. The summed E-state index contributed by atoms with van der Waals surface area (Å²) in [5, 5.41) is 4.59. The second-order valence-corrected chi connectivity index (χ2v) is 6.82. The zero-order valence-corrected chi connectivity index (χ0v) is 14.1. The van der Waals surface area contributed by atoms with Crippen molar-refractivity contribution >= 4 is 28.4 Å². The molecule has 0 unspecified atom stereocenters. The van der Waals surface area contributed by atoms with Crippen LogP contribution in [-0.2, 0) is 9.47 Å². The molecule has 24 heavy (non-hydrogen) atoms. The molecule has 1 saturated heterocycles. The highest BCUT2D eigenvalue weighted by Crippen LogP contribution is 2.43. The molecule has 0 spiro atoms. The van der Waals surface area contributed by atoms with Crippen molar-refractivity contribution in [1.82, 2.24) is 10.3 Å². The molecule has 1 saturated carbocycles. The number of rotatable bonds is 4. The van der Waals surface area contributed by atoms with Crippen LogP contribution in [0.5, 0.6) is 0 Å². The smallest absolute Gasteiger partial charge is 0.270 e. The lowest BCUT2D eigenvalue weighted by molar-refractivity contribution is -0.0810. The molecule has 0 radical (unpaired) electrons. The molecule has 6 heteroatoms. The van der Waals surface area contributed by atoms with E-state index in [1.54, 1.807) is 19.2 Å². The minimum Gasteiger partial charge on any atom is -0.384 e. The monoisotopic (exact) mass is 346 g/mol. The molecule has 4 rings (SSSR count). The SMILES string of the molecule is COC[C@@H]1[C@H](NC(=O)c2ccc3cccc(Cl)c3n2)[C@@H]2CCO[C@H]12. The summed E-state index contributed by atoms with van der Waals surface area (Å²) in [6.45, 7) is 1.34. The van der Waals surface area contributed by atoms with Gasteiger partial charge in [0.05, 0.1) is 23.3 Å². The number of benzene rings is 1. The number of nitrogens with one attached hydrogen (secondary N) is 1. The zero-order chi connectivity index (χ0) is 16.7. The van der Waals surface area contributed by atoms with Gasteiger partial charge in [-0.3, -0.25) is 4.79 Å². The highest BCUT2D eigenvalue weighted by Gasteiger charge is 2.54. The number of hydrogen-bond donors (Lipinski definition) is 1. The van der Waals surface area contributed by atoms with Gasteiger partial charge < -0.3 is 14.8 Å². The first-order valence-corrected chi connectivity index (χ1v) is 8.53. The van der Waals surface area contributed by atoms with Gasteiger partial charge in [-0.1, -0.05) is 29.8 Å². The number of nitrogens with zero attached hydrogens (tertiary/aromatic N) is 1. The van der Waals surface area contributed by atoms with E-state index in [0.717, 1.165) is 18.4 Å². The number of para-hydroxylation sites is 1. The van der Waals surface area contributed by atoms with E-state index in [1.165, 1.54) is 0 Å². The molecular weight excluding hydrogens is 328 g/mol. The van der Waals surface area contributed by atoms with Crippen LogP contribution in [0.25, 0.3) is 10.9 Å². The van der Waals surface area contributed by atoms with Crippen LogP contribution in [-0.4, -0.2) is 43.4 Å². The Morgan fingerprint density at radius 2 is 2.29 bits per heavy atom. The van der Waals surface area contributed by atoms with Gasteiger partial charge in [0.25, 0.3) is 5.91 Å². The predicted octanol–water partition coefficient (Wildman–Crippen LogP) is 2.67. The van der Waals surface area contributed by atoms with Gasteiger partial charge in [0, 0.05) is 37.0 Å². The van der Waals surface area contributed by atoms with Crippen molar-refractivity contribution in [3.63, 3.8) is 0 Å². The van der Waals surface area contributed by atoms with Crippen LogP contribution < -0.4 is 5.32 Å². The molecule has 1 N–H and O–H groups in total. The summed E-state index contributed by atoms with van der Waals surface area (Å²) >= 11 is 6.19. The van der Waals surface area contributed by atoms with Crippen LogP contribution in [0.2, 0.25) is 5.02 Å². The van der Waals surface area contributed by atoms with Crippen molar-refractivity contribution < 1.29 is 14.3 Å². The zero-order valence-electron chi connectivity index (χ0n) is 13.4. The van der Waals surface area contributed by atoms with Crippen molar-refractivity contribution in [1.29, 1.82) is 0 Å². The maximum atomic E-state index is 12.6. The van der Waals surface area contributed by atoms with Crippen molar-refractivity contribution in [2.45, 2.75) is 18.6 Å². The molecule has 1 aliphatic carbocycles. The van der Waals surface area contributed by atoms with E-state index in [0.29, 0.717) is 28.8 Å². The van der Waals surface area contributed by atoms with Gasteiger partial charge in [0.15, 0.2) is 0 Å². The Labute approximate surface area is 145 Å². The van der Waals surface area contributed by atoms with Gasteiger partial charge in [0.1, 0.15) is 5.69 Å². The number of hydrogen-bond acceptors (Lipinski definition) is 4. The molecule has 2 aromatic rings. The predicted molar refractivity (Wildman–Crippen MR) is 91.2 cm³/mol. The fourth-order valence-electron chi connectivity index (χ4n) is 3.90. The van der Waals surface area contributed by atoms with E-state index >= 15 is 0 Å². The number of methoxy groups -OCH3 is 1. The number of halogens is 1. The second-order valence-electron chi connectivity index (χ2n) is 6.41. The van der Waals surface area contributed by atoms with Gasteiger partial charge >= 0.3 is 0 Å². The van der Waals surface area contributed by atoms with Crippen LogP contribution in [0.4, 0.5) is 0 Å². The average molecular weight is 347 g/mol. The van der Waals surface area contributed by atoms with Gasteiger partial charge in [-0.05, 0) is 18.6 Å². The van der Waals surface area contributed by atoms with E-state index in [2.05, 4.69) is 10.3 Å². The molecule has 1 aliphatic heterocycles. The first-order valence-electron chi connectivity index (χ1n) is 8.15. The van der Waals surface area contributed by atoms with Crippen LogP contribution in [0.3, 0.4) is 0 Å². The molecule has 1 aromatic carbocycles. The lowest BCUT2D eigenvalue weighted by Crippen LogP contribution is -2.62. The summed E-state index contributed by atoms with van der Waals surface area (Å²) in [6, 6.07) is 9.26. The van der Waals surface area contributed by atoms with E-state index in [-0.39, 0.29) is 24.0 Å². The highest BCUT2D eigenvalue weighted by molar-refractivity contribution is 6.35. The van der Waals surface area contributed by atoms with Crippen LogP contribution >= 0.6 is 11.6 Å². The topological polar surface area (TPSA) is 60.5 Å². The third kappa shape index (κ3) is 2.57. The van der Waals surface area contributed by atoms with Crippen LogP contribution in [0, 0.1) is 11.8 Å². The third-order valence-corrected chi connectivity index (χ3v) is 5.39. The molecule has 1 amide bonds. The fraction of sp³-hybridized carbons (Fsp3) is 0.444. The van der Waals surface area contributed by atoms with E-state index in [4.69, 9.17) is 21.1 Å². The number of amides is 1. The molecule has 5 nitrogen and oxygen atoms in total. The Morgan fingerprint density at radius 3 is 3.12 bits per heavy atom. The summed E-state index contributed by atoms with van der Waals surface area (Å²) in [4.78, 5) is 17.1. The van der Waals surface area contributed by atoms with Crippen LogP contribution in [0.1, 0.15) is 16.9 Å². The van der Waals surface area contributed by atoms with E-state index in [9.17, 15) is 4.79 Å². The van der Waals surface area contributed by atoms with Gasteiger partial charge in [0.2, 0.25) is 0 Å². The largest absolute Gasteiger partial charge is 0.384 e. The van der Waals surface area contributed by atoms with Crippen LogP contribution in [0.15, 0.2) is 30.3 Å². The average Bonchev–Trinajstić information content (AvgIpc) is 3.02. The first kappa shape index (κ1) is 15.8. The second kappa shape index (κ2) is 6.31. The molecule has 1 aromatic heterocycles. The van der Waals surface area contributed by atoms with Crippen molar-refractivity contribution in [2.24, 2.45) is 11.8 Å². The lowest BCUT2D eigenvalue weighted by Gasteiger charge is -2.47. The van der Waals surface area contributed by atoms with Crippen molar-refractivity contribution in [3.05, 3.63) is 41.0 Å². The number of ether oxygens (including phenoxy) is 2. The minimum atomic E-state index is -0.173.